The van der Waals surface area contributed by atoms with Gasteiger partial charge < -0.3 is 15.2 Å². The summed E-state index contributed by atoms with van der Waals surface area (Å²) in [6, 6.07) is 8.59. The second-order valence-electron chi connectivity index (χ2n) is 8.37. The Morgan fingerprint density at radius 2 is 2.06 bits per heavy atom. The number of carbonyl (C=O) groups excluding carboxylic acids is 1. The number of alkyl halides is 2. The zero-order valence-corrected chi connectivity index (χ0v) is 18.9. The van der Waals surface area contributed by atoms with Gasteiger partial charge >= 0.3 is 6.61 Å². The van der Waals surface area contributed by atoms with Gasteiger partial charge in [-0.2, -0.15) is 8.78 Å². The molecule has 1 aromatic heterocycles. The van der Waals surface area contributed by atoms with Crippen LogP contribution >= 0.6 is 11.6 Å². The third kappa shape index (κ3) is 5.09. The lowest BCUT2D eigenvalue weighted by Gasteiger charge is -2.40. The molecule has 1 amide bonds. The lowest BCUT2D eigenvalue weighted by molar-refractivity contribution is -0.132. The maximum absolute atomic E-state index is 13.1. The van der Waals surface area contributed by atoms with Crippen molar-refractivity contribution in [1.82, 2.24) is 9.88 Å². The number of carbonyl (C=O) groups is 1. The molecule has 1 saturated heterocycles. The highest BCUT2D eigenvalue weighted by molar-refractivity contribution is 6.32. The monoisotopic (exact) mass is 478 g/mol. The van der Waals surface area contributed by atoms with E-state index in [1.54, 1.807) is 11.0 Å². The standard InChI is InChI=1S/C23H25ClF2N4O3/c1-23(12-19(31)30(22(27)29-23)16-7-9-32-10-8-16)17-4-2-3-15(20(17)24)11-14-5-6-18(28-13-14)33-21(25)26/h2-6,13,16,21H,7-12H2,1H3,(H2,27,29)/t23-/m0/s1. The lowest BCUT2D eigenvalue weighted by Crippen LogP contribution is -2.55. The molecule has 0 aliphatic carbocycles. The third-order valence-electron chi connectivity index (χ3n) is 5.99. The molecule has 3 heterocycles. The van der Waals surface area contributed by atoms with Crippen LogP contribution in [0, 0.1) is 0 Å². The molecule has 2 aliphatic rings. The SMILES string of the molecule is C[C@@]1(c2cccc(Cc3ccc(OC(F)F)nc3)c2Cl)CC(=O)N(C2CCOCC2)C(N)=N1. The Labute approximate surface area is 195 Å². The van der Waals surface area contributed by atoms with Crippen LogP contribution in [-0.2, 0) is 21.5 Å². The highest BCUT2D eigenvalue weighted by Crippen LogP contribution is 2.39. The molecule has 4 rings (SSSR count). The van der Waals surface area contributed by atoms with Crippen molar-refractivity contribution in [3.63, 3.8) is 0 Å². The molecule has 0 saturated carbocycles. The van der Waals surface area contributed by atoms with Gasteiger partial charge in [0.25, 0.3) is 0 Å². The van der Waals surface area contributed by atoms with Gasteiger partial charge in [0.1, 0.15) is 0 Å². The van der Waals surface area contributed by atoms with Crippen LogP contribution < -0.4 is 10.5 Å². The number of nitrogens with two attached hydrogens (primary N) is 1. The maximum Gasteiger partial charge on any atom is 0.388 e. The first-order valence-electron chi connectivity index (χ1n) is 10.7. The van der Waals surface area contributed by atoms with E-state index in [4.69, 9.17) is 27.1 Å². The molecule has 33 heavy (non-hydrogen) atoms. The Morgan fingerprint density at radius 3 is 2.70 bits per heavy atom. The van der Waals surface area contributed by atoms with Crippen LogP contribution in [0.1, 0.15) is 42.9 Å². The maximum atomic E-state index is 13.1. The number of aliphatic imine (C=N–C) groups is 1. The van der Waals surface area contributed by atoms with E-state index in [1.165, 1.54) is 12.3 Å². The highest BCUT2D eigenvalue weighted by Gasteiger charge is 2.41. The number of amides is 1. The first-order valence-corrected chi connectivity index (χ1v) is 11.1. The first-order chi connectivity index (χ1) is 15.8. The summed E-state index contributed by atoms with van der Waals surface area (Å²) in [6.07, 6.45) is 3.49. The quantitative estimate of drug-likeness (QED) is 0.680. The fraction of sp³-hybridized carbons (Fsp3) is 0.435. The zero-order chi connectivity index (χ0) is 23.6. The van der Waals surface area contributed by atoms with Crippen molar-refractivity contribution in [3.05, 3.63) is 58.2 Å². The molecule has 2 aliphatic heterocycles. The number of rotatable bonds is 6. The first kappa shape index (κ1) is 23.4. The number of hydrogen-bond donors (Lipinski definition) is 1. The van der Waals surface area contributed by atoms with E-state index in [0.29, 0.717) is 30.2 Å². The molecule has 2 aromatic rings. The Bertz CT molecular complexity index is 1040. The molecule has 7 nitrogen and oxygen atoms in total. The van der Waals surface area contributed by atoms with E-state index in [-0.39, 0.29) is 30.2 Å². The Balaban J connectivity index is 1.57. The molecule has 0 radical (unpaired) electrons. The van der Waals surface area contributed by atoms with Crippen molar-refractivity contribution in [1.29, 1.82) is 0 Å². The molecule has 10 heteroatoms. The van der Waals surface area contributed by atoms with Gasteiger partial charge in [-0.05, 0) is 36.5 Å². The molecule has 0 unspecified atom stereocenters. The Kier molecular flexibility index (Phi) is 6.81. The van der Waals surface area contributed by atoms with Crippen LogP contribution in [0.4, 0.5) is 8.78 Å². The van der Waals surface area contributed by atoms with Crippen molar-refractivity contribution in [2.24, 2.45) is 10.7 Å². The fourth-order valence-electron chi connectivity index (χ4n) is 4.37. The molecule has 1 atom stereocenters. The molecule has 176 valence electrons. The minimum Gasteiger partial charge on any atom is -0.417 e. The second kappa shape index (κ2) is 9.61. The van der Waals surface area contributed by atoms with Gasteiger partial charge in [0.05, 0.1) is 12.0 Å². The second-order valence-corrected chi connectivity index (χ2v) is 8.74. The summed E-state index contributed by atoms with van der Waals surface area (Å²) >= 11 is 6.77. The number of hydrogen-bond acceptors (Lipinski definition) is 6. The van der Waals surface area contributed by atoms with Crippen molar-refractivity contribution < 1.29 is 23.0 Å². The minimum atomic E-state index is -2.93. The van der Waals surface area contributed by atoms with Gasteiger partial charge in [0.2, 0.25) is 11.8 Å². The summed E-state index contributed by atoms with van der Waals surface area (Å²) in [5.74, 6) is -0.0427. The largest absolute Gasteiger partial charge is 0.417 e. The van der Waals surface area contributed by atoms with Crippen molar-refractivity contribution in [2.45, 2.75) is 50.8 Å². The molecule has 1 aromatic carbocycles. The van der Waals surface area contributed by atoms with Gasteiger partial charge in [0, 0.05) is 43.0 Å². The van der Waals surface area contributed by atoms with Crippen LogP contribution in [0.5, 0.6) is 5.88 Å². The number of guanidine groups is 1. The normalized spacial score (nSPS) is 21.9. The summed E-state index contributed by atoms with van der Waals surface area (Å²) in [5.41, 5.74) is 7.65. The molecule has 0 bridgehead atoms. The molecular weight excluding hydrogens is 454 g/mol. The Morgan fingerprint density at radius 1 is 1.30 bits per heavy atom. The van der Waals surface area contributed by atoms with E-state index in [9.17, 15) is 13.6 Å². The van der Waals surface area contributed by atoms with E-state index in [0.717, 1.165) is 24.0 Å². The highest BCUT2D eigenvalue weighted by atomic mass is 35.5. The van der Waals surface area contributed by atoms with Gasteiger partial charge in [-0.15, -0.1) is 0 Å². The van der Waals surface area contributed by atoms with Crippen LogP contribution in [0.3, 0.4) is 0 Å². The number of ether oxygens (including phenoxy) is 2. The molecule has 2 N–H and O–H groups in total. The number of benzene rings is 1. The van der Waals surface area contributed by atoms with Gasteiger partial charge in [-0.25, -0.2) is 9.98 Å². The van der Waals surface area contributed by atoms with Crippen LogP contribution in [0.25, 0.3) is 0 Å². The lowest BCUT2D eigenvalue weighted by atomic mass is 9.85. The average Bonchev–Trinajstić information content (AvgIpc) is 2.76. The Hall–Kier alpha value is -2.78. The molecule has 0 spiro atoms. The van der Waals surface area contributed by atoms with Crippen LogP contribution in [-0.4, -0.2) is 47.6 Å². The van der Waals surface area contributed by atoms with Crippen molar-refractivity contribution >= 4 is 23.5 Å². The minimum absolute atomic E-state index is 0.00845. The number of nitrogens with zero attached hydrogens (tertiary/aromatic N) is 3. The summed E-state index contributed by atoms with van der Waals surface area (Å²) in [7, 11) is 0. The number of pyridine rings is 1. The predicted molar refractivity (Wildman–Crippen MR) is 119 cm³/mol. The smallest absolute Gasteiger partial charge is 0.388 e. The summed E-state index contributed by atoms with van der Waals surface area (Å²) in [5, 5.41) is 0.483. The van der Waals surface area contributed by atoms with E-state index in [1.807, 2.05) is 25.1 Å². The van der Waals surface area contributed by atoms with Crippen LogP contribution in [0.2, 0.25) is 5.02 Å². The molecule has 1 fully saturated rings. The van der Waals surface area contributed by atoms with E-state index < -0.39 is 12.2 Å². The number of halogens is 3. The summed E-state index contributed by atoms with van der Waals surface area (Å²) < 4.78 is 34.3. The average molecular weight is 479 g/mol. The van der Waals surface area contributed by atoms with Crippen LogP contribution in [0.15, 0.2) is 41.5 Å². The molecular formula is C23H25ClF2N4O3. The summed E-state index contributed by atoms with van der Waals surface area (Å²) in [6.45, 7) is 0.111. The van der Waals surface area contributed by atoms with E-state index in [2.05, 4.69) is 9.72 Å². The predicted octanol–water partition coefficient (Wildman–Crippen LogP) is 3.87. The van der Waals surface area contributed by atoms with Crippen molar-refractivity contribution in [3.8, 4) is 5.88 Å². The third-order valence-corrected chi connectivity index (χ3v) is 6.44. The van der Waals surface area contributed by atoms with Crippen molar-refractivity contribution in [2.75, 3.05) is 13.2 Å². The summed E-state index contributed by atoms with van der Waals surface area (Å²) in [4.78, 5) is 23.3. The topological polar surface area (TPSA) is 90.0 Å². The van der Waals surface area contributed by atoms with E-state index >= 15 is 0 Å². The van der Waals surface area contributed by atoms with Gasteiger partial charge in [0.15, 0.2) is 5.96 Å². The number of aromatic nitrogens is 1. The fourth-order valence-corrected chi connectivity index (χ4v) is 4.77. The van der Waals surface area contributed by atoms with Gasteiger partial charge in [-0.3, -0.25) is 9.69 Å². The van der Waals surface area contributed by atoms with Gasteiger partial charge in [-0.1, -0.05) is 35.9 Å². The zero-order valence-electron chi connectivity index (χ0n) is 18.1.